The van der Waals surface area contributed by atoms with Crippen LogP contribution in [0, 0.1) is 0 Å². The lowest BCUT2D eigenvalue weighted by atomic mass is 10.00. The Bertz CT molecular complexity index is 4020. The molecule has 7 nitrogen and oxygen atoms in total. The summed E-state index contributed by atoms with van der Waals surface area (Å²) < 4.78 is 7.25. The highest BCUT2D eigenvalue weighted by Gasteiger charge is 2.33. The zero-order valence-electron chi connectivity index (χ0n) is 37.4. The first-order valence-electron chi connectivity index (χ1n) is 23.6. The first kappa shape index (κ1) is 39.0. The van der Waals surface area contributed by atoms with E-state index in [0.717, 1.165) is 113 Å². The Balaban J connectivity index is 1.29. The maximum atomic E-state index is 6.14. The van der Waals surface area contributed by atoms with Crippen LogP contribution in [0.15, 0.2) is 218 Å². The van der Waals surface area contributed by atoms with Crippen molar-refractivity contribution in [1.82, 2.24) is 33.6 Å². The second kappa shape index (κ2) is 15.7. The predicted molar refractivity (Wildman–Crippen MR) is 282 cm³/mol. The van der Waals surface area contributed by atoms with E-state index in [-0.39, 0.29) is 0 Å². The zero-order valence-corrected chi connectivity index (χ0v) is 37.4. The van der Waals surface area contributed by atoms with Crippen LogP contribution in [0.5, 0.6) is 0 Å². The molecule has 0 fully saturated rings. The molecule has 0 spiro atoms. The van der Waals surface area contributed by atoms with Crippen LogP contribution in [0.2, 0.25) is 0 Å². The molecule has 0 radical (unpaired) electrons. The Morgan fingerprint density at radius 3 is 1.25 bits per heavy atom. The smallest absolute Gasteiger partial charge is 0.168 e. The van der Waals surface area contributed by atoms with Crippen molar-refractivity contribution in [3.8, 4) is 62.6 Å². The first-order chi connectivity index (χ1) is 34.3. The average Bonchev–Trinajstić information content (AvgIpc) is 4.07. The summed E-state index contributed by atoms with van der Waals surface area (Å²) >= 11 is 0. The average molecular weight is 884 g/mol. The molecule has 0 atom stereocenters. The summed E-state index contributed by atoms with van der Waals surface area (Å²) in [6.07, 6.45) is 6.49. The van der Waals surface area contributed by atoms with Crippen LogP contribution >= 0.6 is 0 Å². The molecule has 0 unspecified atom stereocenters. The molecule has 8 aromatic carbocycles. The number of allylic oxidation sites excluding steroid dienone is 1. The second-order valence-electron chi connectivity index (χ2n) is 17.7. The van der Waals surface area contributed by atoms with Crippen LogP contribution in [0.25, 0.3) is 123 Å². The van der Waals surface area contributed by atoms with Crippen LogP contribution in [0.1, 0.15) is 17.7 Å². The molecule has 0 aliphatic heterocycles. The van der Waals surface area contributed by atoms with Crippen molar-refractivity contribution >= 4 is 60.6 Å². The van der Waals surface area contributed by atoms with Crippen LogP contribution < -0.4 is 0 Å². The number of hydrogen-bond donors (Lipinski definition) is 0. The highest BCUT2D eigenvalue weighted by Crippen LogP contribution is 2.48. The molecular formula is C62H41N7. The van der Waals surface area contributed by atoms with Gasteiger partial charge in [0.15, 0.2) is 23.3 Å². The third-order valence-electron chi connectivity index (χ3n) is 13.8. The van der Waals surface area contributed by atoms with Gasteiger partial charge in [-0.15, -0.1) is 0 Å². The third kappa shape index (κ3) is 6.07. The molecule has 0 N–H and O–H groups in total. The van der Waals surface area contributed by atoms with Crippen molar-refractivity contribution in [1.29, 1.82) is 0 Å². The quantitative estimate of drug-likeness (QED) is 0.160. The molecule has 1 aliphatic rings. The number of hydrogen-bond acceptors (Lipinski definition) is 4. The van der Waals surface area contributed by atoms with Gasteiger partial charge in [0, 0.05) is 49.3 Å². The summed E-state index contributed by atoms with van der Waals surface area (Å²) in [7, 11) is 0. The minimum absolute atomic E-state index is 0.530. The molecule has 1 aliphatic carbocycles. The van der Waals surface area contributed by atoms with E-state index in [1.807, 2.05) is 36.4 Å². The number of benzene rings is 8. The first-order valence-corrected chi connectivity index (χ1v) is 23.6. The van der Waals surface area contributed by atoms with Crippen molar-refractivity contribution in [2.45, 2.75) is 12.8 Å². The fraction of sp³-hybridized carbons (Fsp3) is 0.0323. The van der Waals surface area contributed by atoms with Crippen molar-refractivity contribution in [3.63, 3.8) is 0 Å². The Kier molecular flexibility index (Phi) is 8.89. The number of fused-ring (bicyclic) bond motifs is 9. The number of rotatable bonds is 7. The van der Waals surface area contributed by atoms with Crippen molar-refractivity contribution in [2.75, 3.05) is 0 Å². The molecule has 7 heteroatoms. The number of nitrogens with zero attached hydrogens (tertiary/aromatic N) is 7. The lowest BCUT2D eigenvalue weighted by molar-refractivity contribution is 0.945. The van der Waals surface area contributed by atoms with Crippen molar-refractivity contribution in [3.05, 3.63) is 230 Å². The largest absolute Gasteiger partial charge is 0.306 e. The van der Waals surface area contributed by atoms with E-state index in [1.54, 1.807) is 0 Å². The molecule has 5 heterocycles. The van der Waals surface area contributed by atoms with Crippen LogP contribution in [-0.2, 0) is 6.42 Å². The van der Waals surface area contributed by atoms with Gasteiger partial charge in [0.1, 0.15) is 5.69 Å². The monoisotopic (exact) mass is 883 g/mol. The lowest BCUT2D eigenvalue weighted by Crippen LogP contribution is -2.16. The highest BCUT2D eigenvalue weighted by molar-refractivity contribution is 6.12. The van der Waals surface area contributed by atoms with Gasteiger partial charge in [-0.3, -0.25) is 4.57 Å². The lowest BCUT2D eigenvalue weighted by Gasteiger charge is -2.26. The van der Waals surface area contributed by atoms with Crippen molar-refractivity contribution in [2.24, 2.45) is 0 Å². The summed E-state index contributed by atoms with van der Waals surface area (Å²) in [5.74, 6) is 2.45. The Morgan fingerprint density at radius 1 is 0.333 bits per heavy atom. The van der Waals surface area contributed by atoms with Gasteiger partial charge >= 0.3 is 0 Å². The van der Waals surface area contributed by atoms with Gasteiger partial charge in [-0.05, 0) is 54.8 Å². The summed E-state index contributed by atoms with van der Waals surface area (Å²) in [4.78, 5) is 22.8. The van der Waals surface area contributed by atoms with Gasteiger partial charge in [-0.25, -0.2) is 19.9 Å². The van der Waals surface area contributed by atoms with E-state index in [4.69, 9.17) is 19.9 Å². The SMILES string of the molecule is C1=Cc2c(c3ccccc3n2-c2c(-n3c4ccccc4c4ccccc43)nc(-c3ccccc3)c(-n3c4ccccc4c4ccccc43)c2-c2nc(-c3ccccc3)nc(-c3ccccc3)n2)CC1. The number of pyridine rings is 1. The van der Waals surface area contributed by atoms with Gasteiger partial charge in [0.2, 0.25) is 0 Å². The minimum atomic E-state index is 0.530. The molecular weight excluding hydrogens is 843 g/mol. The standard InChI is InChI=1S/C62H41N7/c1-4-22-40(23-5-1)56-57(67-49-34-16-10-28-43(49)44-29-11-17-35-50(44)67)55(61-65-59(41-24-6-2-7-25-41)64-60(66-61)42-26-8-3-9-27-42)58(68-51-36-18-12-30-45(51)46-31-13-19-37-52(46)68)62(63-56)69-53-38-20-14-32-47(53)48-33-15-21-39-54(48)69/h1-12,14-30,32-39H,13,31H2. The molecule has 13 aromatic rings. The van der Waals surface area contributed by atoms with Gasteiger partial charge in [0.25, 0.3) is 0 Å². The summed E-state index contributed by atoms with van der Waals surface area (Å²) in [6.45, 7) is 0. The molecule has 0 bridgehead atoms. The molecule has 69 heavy (non-hydrogen) atoms. The minimum Gasteiger partial charge on any atom is -0.306 e. The summed E-state index contributed by atoms with van der Waals surface area (Å²) in [5.41, 5.74) is 13.8. The summed E-state index contributed by atoms with van der Waals surface area (Å²) in [6, 6.07) is 74.8. The van der Waals surface area contributed by atoms with E-state index in [1.165, 1.54) is 10.9 Å². The highest BCUT2D eigenvalue weighted by atomic mass is 15.2. The van der Waals surface area contributed by atoms with E-state index < -0.39 is 0 Å². The molecule has 14 rings (SSSR count). The zero-order chi connectivity index (χ0) is 45.4. The molecule has 324 valence electrons. The molecule has 0 saturated carbocycles. The second-order valence-corrected chi connectivity index (χ2v) is 17.7. The Hall–Kier alpha value is -9.20. The third-order valence-corrected chi connectivity index (χ3v) is 13.8. The van der Waals surface area contributed by atoms with Crippen LogP contribution in [0.4, 0.5) is 0 Å². The Labute approximate surface area is 397 Å². The van der Waals surface area contributed by atoms with E-state index >= 15 is 0 Å². The topological polar surface area (TPSA) is 66.3 Å². The van der Waals surface area contributed by atoms with E-state index in [2.05, 4.69) is 202 Å². The van der Waals surface area contributed by atoms with E-state index in [9.17, 15) is 0 Å². The maximum absolute atomic E-state index is 6.14. The van der Waals surface area contributed by atoms with E-state index in [0.29, 0.717) is 17.5 Å². The molecule has 0 saturated heterocycles. The number of aromatic nitrogens is 7. The Morgan fingerprint density at radius 2 is 0.739 bits per heavy atom. The fourth-order valence-corrected chi connectivity index (χ4v) is 10.8. The van der Waals surface area contributed by atoms with Gasteiger partial charge in [0.05, 0.1) is 44.5 Å². The van der Waals surface area contributed by atoms with Gasteiger partial charge in [-0.2, -0.15) is 0 Å². The van der Waals surface area contributed by atoms with Crippen molar-refractivity contribution < 1.29 is 0 Å². The normalized spacial score (nSPS) is 12.5. The number of aryl methyl sites for hydroxylation is 1. The predicted octanol–water partition coefficient (Wildman–Crippen LogP) is 15.0. The van der Waals surface area contributed by atoms with Gasteiger partial charge < -0.3 is 9.13 Å². The van der Waals surface area contributed by atoms with Crippen LogP contribution in [0.3, 0.4) is 0 Å². The molecule has 0 amide bonds. The maximum Gasteiger partial charge on any atom is 0.168 e. The van der Waals surface area contributed by atoms with Crippen LogP contribution in [-0.4, -0.2) is 33.6 Å². The number of para-hydroxylation sites is 5. The summed E-state index contributed by atoms with van der Waals surface area (Å²) in [5, 5.41) is 5.79. The molecule has 5 aromatic heterocycles. The fourth-order valence-electron chi connectivity index (χ4n) is 10.8. The van der Waals surface area contributed by atoms with Gasteiger partial charge in [-0.1, -0.05) is 188 Å².